The van der Waals surface area contributed by atoms with Crippen molar-refractivity contribution in [2.75, 3.05) is 13.1 Å². The number of likely N-dealkylation sites (tertiary alicyclic amines) is 1. The highest BCUT2D eigenvalue weighted by molar-refractivity contribution is 5.85. The van der Waals surface area contributed by atoms with Gasteiger partial charge in [-0.2, -0.15) is 18.2 Å². The molecule has 0 atom stereocenters. The van der Waals surface area contributed by atoms with E-state index in [0.717, 1.165) is 31.7 Å². The van der Waals surface area contributed by atoms with E-state index in [2.05, 4.69) is 17.1 Å². The summed E-state index contributed by atoms with van der Waals surface area (Å²) in [6, 6.07) is 4.28. The second kappa shape index (κ2) is 11.5. The highest BCUT2D eigenvalue weighted by Gasteiger charge is 2.35. The lowest BCUT2D eigenvalue weighted by Crippen LogP contribution is -2.51. The van der Waals surface area contributed by atoms with E-state index in [1.807, 2.05) is 0 Å². The van der Waals surface area contributed by atoms with E-state index in [4.69, 9.17) is 15.7 Å². The Balaban J connectivity index is 0.00000363. The van der Waals surface area contributed by atoms with Gasteiger partial charge in [-0.05, 0) is 24.5 Å². The molecule has 0 spiro atoms. The number of rotatable bonds is 10. The molecular formula is C22H31ClF3N5O. The molecule has 1 aliphatic heterocycles. The Morgan fingerprint density at radius 2 is 1.81 bits per heavy atom. The zero-order chi connectivity index (χ0) is 22.4. The van der Waals surface area contributed by atoms with Gasteiger partial charge in [0, 0.05) is 18.7 Å². The smallest absolute Gasteiger partial charge is 0.370 e. The zero-order valence-corrected chi connectivity index (χ0v) is 19.1. The van der Waals surface area contributed by atoms with E-state index >= 15 is 0 Å². The fourth-order valence-corrected chi connectivity index (χ4v) is 3.82. The predicted octanol–water partition coefficient (Wildman–Crippen LogP) is 5.76. The van der Waals surface area contributed by atoms with Crippen LogP contribution in [-0.2, 0) is 12.6 Å². The van der Waals surface area contributed by atoms with Crippen molar-refractivity contribution in [1.29, 1.82) is 5.41 Å². The lowest BCUT2D eigenvalue weighted by molar-refractivity contribution is -0.138. The number of hydrogen-bond acceptors (Lipinski definition) is 4. The minimum atomic E-state index is -4.44. The van der Waals surface area contributed by atoms with Crippen LogP contribution in [0, 0.1) is 5.41 Å². The van der Waals surface area contributed by atoms with Gasteiger partial charge < -0.3 is 15.2 Å². The molecule has 0 amide bonds. The van der Waals surface area contributed by atoms with Crippen molar-refractivity contribution in [3.8, 4) is 11.4 Å². The number of alkyl halides is 3. The third-order valence-electron chi connectivity index (χ3n) is 5.74. The molecule has 6 nitrogen and oxygen atoms in total. The molecule has 178 valence electrons. The van der Waals surface area contributed by atoms with Crippen molar-refractivity contribution in [2.45, 2.75) is 70.4 Å². The third kappa shape index (κ3) is 6.60. The van der Waals surface area contributed by atoms with Crippen LogP contribution < -0.4 is 5.73 Å². The first-order valence-electron chi connectivity index (χ1n) is 10.9. The standard InChI is InChI=1S/C22H30F3N5O.ClH/c1-2-3-4-5-6-7-8-9-15-10-11-16(12-18(15)22(23,24)25)19-28-20(31-29-19)17-13-30(14-17)21(26)27;/h10-12,17H,2-9,13-14H2,1H3,(H3,26,27);1H. The van der Waals surface area contributed by atoms with E-state index in [0.29, 0.717) is 31.0 Å². The topological polar surface area (TPSA) is 92.0 Å². The van der Waals surface area contributed by atoms with Crippen LogP contribution in [-0.4, -0.2) is 34.1 Å². The molecule has 1 aromatic carbocycles. The van der Waals surface area contributed by atoms with Gasteiger partial charge in [-0.3, -0.25) is 5.41 Å². The highest BCUT2D eigenvalue weighted by atomic mass is 35.5. The minimum absolute atomic E-state index is 0. The summed E-state index contributed by atoms with van der Waals surface area (Å²) in [5.41, 5.74) is 5.38. The van der Waals surface area contributed by atoms with Crippen molar-refractivity contribution in [2.24, 2.45) is 5.73 Å². The Morgan fingerprint density at radius 3 is 2.44 bits per heavy atom. The summed E-state index contributed by atoms with van der Waals surface area (Å²) >= 11 is 0. The molecule has 3 N–H and O–H groups in total. The minimum Gasteiger partial charge on any atom is -0.370 e. The Kier molecular flexibility index (Phi) is 9.36. The Labute approximate surface area is 192 Å². The fraction of sp³-hybridized carbons (Fsp3) is 0.591. The number of aryl methyl sites for hydroxylation is 1. The van der Waals surface area contributed by atoms with Crippen molar-refractivity contribution < 1.29 is 17.7 Å². The lowest BCUT2D eigenvalue weighted by Gasteiger charge is -2.37. The van der Waals surface area contributed by atoms with Crippen molar-refractivity contribution in [3.63, 3.8) is 0 Å². The monoisotopic (exact) mass is 473 g/mol. The molecule has 32 heavy (non-hydrogen) atoms. The van der Waals surface area contributed by atoms with Crippen LogP contribution in [0.3, 0.4) is 0 Å². The average molecular weight is 474 g/mol. The largest absolute Gasteiger partial charge is 0.416 e. The first-order chi connectivity index (χ1) is 14.8. The number of guanidine groups is 1. The Bertz CT molecular complexity index is 881. The lowest BCUT2D eigenvalue weighted by atomic mass is 9.97. The van der Waals surface area contributed by atoms with Gasteiger partial charge in [0.2, 0.25) is 11.7 Å². The summed E-state index contributed by atoms with van der Waals surface area (Å²) in [5, 5.41) is 11.2. The van der Waals surface area contributed by atoms with E-state index in [9.17, 15) is 13.2 Å². The van der Waals surface area contributed by atoms with Gasteiger partial charge in [-0.1, -0.05) is 62.7 Å². The number of nitrogens with one attached hydrogen (secondary N) is 1. The number of unbranched alkanes of at least 4 members (excludes halogenated alkanes) is 6. The summed E-state index contributed by atoms with van der Waals surface area (Å²) in [6.07, 6.45) is 3.45. The predicted molar refractivity (Wildman–Crippen MR) is 120 cm³/mol. The van der Waals surface area contributed by atoms with Crippen molar-refractivity contribution >= 4 is 18.4 Å². The van der Waals surface area contributed by atoms with E-state index in [1.165, 1.54) is 25.3 Å². The fourth-order valence-electron chi connectivity index (χ4n) is 3.82. The van der Waals surface area contributed by atoms with Gasteiger partial charge in [0.1, 0.15) is 0 Å². The molecule has 0 unspecified atom stereocenters. The third-order valence-corrected chi connectivity index (χ3v) is 5.74. The Hall–Kier alpha value is -2.29. The number of hydrogen-bond donors (Lipinski definition) is 2. The summed E-state index contributed by atoms with van der Waals surface area (Å²) in [5.74, 6) is 0.406. The van der Waals surface area contributed by atoms with Crippen LogP contribution in [0.15, 0.2) is 22.7 Å². The Morgan fingerprint density at radius 1 is 1.16 bits per heavy atom. The maximum absolute atomic E-state index is 13.7. The molecule has 0 radical (unpaired) electrons. The van der Waals surface area contributed by atoms with Crippen molar-refractivity contribution in [1.82, 2.24) is 15.0 Å². The number of nitrogens with zero attached hydrogens (tertiary/aromatic N) is 3. The molecule has 10 heteroatoms. The van der Waals surface area contributed by atoms with Crippen LogP contribution in [0.4, 0.5) is 13.2 Å². The average Bonchev–Trinajstić information content (AvgIpc) is 3.14. The van der Waals surface area contributed by atoms with Gasteiger partial charge in [-0.25, -0.2) is 0 Å². The van der Waals surface area contributed by atoms with Gasteiger partial charge in [-0.15, -0.1) is 12.4 Å². The van der Waals surface area contributed by atoms with Crippen LogP contribution in [0.2, 0.25) is 0 Å². The maximum Gasteiger partial charge on any atom is 0.416 e. The normalized spacial score (nSPS) is 14.2. The van der Waals surface area contributed by atoms with Gasteiger partial charge >= 0.3 is 6.18 Å². The SMILES string of the molecule is CCCCCCCCCc1ccc(-c2noc(C3CN(C(=N)N)C3)n2)cc1C(F)(F)F.Cl. The van der Waals surface area contributed by atoms with Crippen LogP contribution in [0.5, 0.6) is 0 Å². The van der Waals surface area contributed by atoms with E-state index < -0.39 is 11.7 Å². The second-order valence-electron chi connectivity index (χ2n) is 8.18. The number of benzene rings is 1. The molecule has 2 heterocycles. The molecule has 0 aliphatic carbocycles. The number of nitrogens with two attached hydrogens (primary N) is 1. The summed E-state index contributed by atoms with van der Waals surface area (Å²) < 4.78 is 46.3. The van der Waals surface area contributed by atoms with E-state index in [1.54, 1.807) is 11.0 Å². The molecule has 1 aromatic heterocycles. The van der Waals surface area contributed by atoms with Crippen molar-refractivity contribution in [3.05, 3.63) is 35.2 Å². The molecule has 1 fully saturated rings. The molecule has 1 aliphatic rings. The first-order valence-corrected chi connectivity index (χ1v) is 10.9. The molecule has 0 saturated carbocycles. The van der Waals surface area contributed by atoms with Gasteiger partial charge in [0.05, 0.1) is 11.5 Å². The highest BCUT2D eigenvalue weighted by Crippen LogP contribution is 2.36. The maximum atomic E-state index is 13.7. The summed E-state index contributed by atoms with van der Waals surface area (Å²) in [6.45, 7) is 3.14. The van der Waals surface area contributed by atoms with Gasteiger partial charge in [0.15, 0.2) is 5.96 Å². The molecule has 3 rings (SSSR count). The summed E-state index contributed by atoms with van der Waals surface area (Å²) in [4.78, 5) is 5.92. The quantitative estimate of drug-likeness (QED) is 0.260. The first kappa shape index (κ1) is 26.0. The van der Waals surface area contributed by atoms with Crippen LogP contribution in [0.1, 0.15) is 74.8 Å². The molecular weight excluding hydrogens is 443 g/mol. The van der Waals surface area contributed by atoms with Crippen LogP contribution in [0.25, 0.3) is 11.4 Å². The number of halogens is 4. The summed E-state index contributed by atoms with van der Waals surface area (Å²) in [7, 11) is 0. The second-order valence-corrected chi connectivity index (χ2v) is 8.18. The molecule has 1 saturated heterocycles. The zero-order valence-electron chi connectivity index (χ0n) is 18.2. The molecule has 0 bridgehead atoms. The van der Waals surface area contributed by atoms with E-state index in [-0.39, 0.29) is 35.7 Å². The van der Waals surface area contributed by atoms with Gasteiger partial charge in [0.25, 0.3) is 0 Å². The number of aromatic nitrogens is 2. The van der Waals surface area contributed by atoms with Crippen LogP contribution >= 0.6 is 12.4 Å². The molecule has 2 aromatic rings.